The fourth-order valence-corrected chi connectivity index (χ4v) is 4.41. The molecule has 0 aliphatic carbocycles. The van der Waals surface area contributed by atoms with Crippen molar-refractivity contribution in [3.05, 3.63) is 68.5 Å². The lowest BCUT2D eigenvalue weighted by Gasteiger charge is -2.12. The number of likely N-dealkylation sites (N-methyl/N-ethyl adjacent to an activating group) is 1. The van der Waals surface area contributed by atoms with Crippen molar-refractivity contribution in [2.24, 2.45) is 4.99 Å². The third kappa shape index (κ3) is 4.74. The largest absolute Gasteiger partial charge is 0.504 e. The molecule has 30 heavy (non-hydrogen) atoms. The quantitative estimate of drug-likeness (QED) is 0.375. The molecule has 1 fully saturated rings. The number of amidine groups is 1. The molecule has 5 nitrogen and oxygen atoms in total. The zero-order chi connectivity index (χ0) is 21.8. The van der Waals surface area contributed by atoms with Crippen LogP contribution < -0.4 is 4.74 Å². The van der Waals surface area contributed by atoms with Gasteiger partial charge in [-0.1, -0.05) is 17.7 Å². The molecule has 0 bridgehead atoms. The number of nitrogens with zero attached hydrogens (tertiary/aromatic N) is 2. The van der Waals surface area contributed by atoms with Gasteiger partial charge in [-0.25, -0.2) is 4.99 Å². The molecule has 3 rings (SSSR count). The summed E-state index contributed by atoms with van der Waals surface area (Å²) in [4.78, 5) is 19.7. The van der Waals surface area contributed by atoms with Crippen molar-refractivity contribution in [2.45, 2.75) is 13.3 Å². The first-order valence-electron chi connectivity index (χ1n) is 9.13. The van der Waals surface area contributed by atoms with Crippen LogP contribution in [0.2, 0.25) is 5.02 Å². The minimum absolute atomic E-state index is 0.0782. The fourth-order valence-electron chi connectivity index (χ4n) is 2.93. The second-order valence-corrected chi connectivity index (χ2v) is 8.65. The molecule has 1 aliphatic heterocycles. The summed E-state index contributed by atoms with van der Waals surface area (Å²) < 4.78 is 6.06. The number of halogens is 2. The van der Waals surface area contributed by atoms with Crippen LogP contribution in [0.3, 0.4) is 0 Å². The third-order valence-electron chi connectivity index (χ3n) is 4.39. The maximum absolute atomic E-state index is 12.9. The predicted octanol–water partition coefficient (Wildman–Crippen LogP) is 6.17. The fraction of sp³-hybridized carbons (Fsp3) is 0.182. The van der Waals surface area contributed by atoms with E-state index in [9.17, 15) is 9.90 Å². The van der Waals surface area contributed by atoms with E-state index in [0.717, 1.165) is 10.0 Å². The average Bonchev–Trinajstić information content (AvgIpc) is 3.01. The number of aromatic hydroxyl groups is 1. The number of amides is 1. The predicted molar refractivity (Wildman–Crippen MR) is 128 cm³/mol. The first kappa shape index (κ1) is 22.5. The highest BCUT2D eigenvalue weighted by Crippen LogP contribution is 2.37. The minimum Gasteiger partial charge on any atom is -0.504 e. The molecule has 2 aromatic carbocycles. The van der Waals surface area contributed by atoms with Gasteiger partial charge in [-0.3, -0.25) is 9.69 Å². The van der Waals surface area contributed by atoms with Crippen LogP contribution in [-0.4, -0.2) is 34.7 Å². The number of carbonyl (C=O) groups excluding carboxylic acids is 1. The SMILES string of the molecule is C=CCc1cc(/C=C2\SC(=Nc3ccc(Br)c(Cl)c3)N(CC)C2=O)cc(OC)c1O. The minimum atomic E-state index is -0.123. The second-order valence-electron chi connectivity index (χ2n) is 6.38. The van der Waals surface area contributed by atoms with Crippen molar-refractivity contribution in [1.82, 2.24) is 4.90 Å². The number of thioether (sulfide) groups is 1. The van der Waals surface area contributed by atoms with E-state index in [1.807, 2.05) is 25.1 Å². The number of hydrogen-bond donors (Lipinski definition) is 1. The molecule has 156 valence electrons. The Labute approximate surface area is 193 Å². The number of allylic oxidation sites excluding steroid dienone is 1. The van der Waals surface area contributed by atoms with Crippen molar-refractivity contribution in [1.29, 1.82) is 0 Å². The maximum Gasteiger partial charge on any atom is 0.266 e. The lowest BCUT2D eigenvalue weighted by atomic mass is 10.1. The van der Waals surface area contributed by atoms with E-state index < -0.39 is 0 Å². The van der Waals surface area contributed by atoms with Gasteiger partial charge in [0.25, 0.3) is 5.91 Å². The lowest BCUT2D eigenvalue weighted by molar-refractivity contribution is -0.122. The van der Waals surface area contributed by atoms with E-state index in [-0.39, 0.29) is 11.7 Å². The van der Waals surface area contributed by atoms with Gasteiger partial charge in [0.2, 0.25) is 0 Å². The van der Waals surface area contributed by atoms with Gasteiger partial charge in [0.15, 0.2) is 16.7 Å². The van der Waals surface area contributed by atoms with E-state index in [1.165, 1.54) is 18.9 Å². The van der Waals surface area contributed by atoms with Crippen molar-refractivity contribution >= 4 is 62.1 Å². The van der Waals surface area contributed by atoms with E-state index in [0.29, 0.717) is 45.1 Å². The first-order chi connectivity index (χ1) is 14.4. The van der Waals surface area contributed by atoms with Crippen LogP contribution in [0.25, 0.3) is 6.08 Å². The van der Waals surface area contributed by atoms with Crippen LogP contribution >= 0.6 is 39.3 Å². The van der Waals surface area contributed by atoms with Crippen molar-refractivity contribution in [3.8, 4) is 11.5 Å². The Kier molecular flexibility index (Phi) is 7.28. The molecule has 1 saturated heterocycles. The van der Waals surface area contributed by atoms with Crippen LogP contribution in [0, 0.1) is 0 Å². The number of methoxy groups -OCH3 is 1. The van der Waals surface area contributed by atoms with Gasteiger partial charge in [-0.05, 0) is 83.0 Å². The van der Waals surface area contributed by atoms with Gasteiger partial charge in [0, 0.05) is 16.6 Å². The monoisotopic (exact) mass is 506 g/mol. The van der Waals surface area contributed by atoms with Crippen LogP contribution in [0.5, 0.6) is 11.5 Å². The molecule has 0 spiro atoms. The Hall–Kier alpha value is -2.22. The third-order valence-corrected chi connectivity index (χ3v) is 6.63. The van der Waals surface area contributed by atoms with Crippen molar-refractivity contribution in [2.75, 3.05) is 13.7 Å². The summed E-state index contributed by atoms with van der Waals surface area (Å²) in [5, 5.41) is 11.4. The number of hydrogen-bond acceptors (Lipinski definition) is 5. The molecule has 2 aromatic rings. The zero-order valence-corrected chi connectivity index (χ0v) is 19.6. The Balaban J connectivity index is 1.99. The molecule has 1 aliphatic rings. The van der Waals surface area contributed by atoms with Crippen molar-refractivity contribution in [3.63, 3.8) is 0 Å². The van der Waals surface area contributed by atoms with E-state index in [4.69, 9.17) is 16.3 Å². The maximum atomic E-state index is 12.9. The highest BCUT2D eigenvalue weighted by atomic mass is 79.9. The second kappa shape index (κ2) is 9.73. The highest BCUT2D eigenvalue weighted by Gasteiger charge is 2.32. The molecule has 1 heterocycles. The normalized spacial score (nSPS) is 16.5. The number of rotatable bonds is 6. The zero-order valence-electron chi connectivity index (χ0n) is 16.5. The topological polar surface area (TPSA) is 62.1 Å². The average molecular weight is 508 g/mol. The lowest BCUT2D eigenvalue weighted by Crippen LogP contribution is -2.28. The summed E-state index contributed by atoms with van der Waals surface area (Å²) in [6, 6.07) is 8.91. The number of benzene rings is 2. The Morgan fingerprint density at radius 1 is 1.37 bits per heavy atom. The standard InChI is InChI=1S/C22H20BrClN2O3S/c1-4-6-14-9-13(10-18(29-3)20(14)27)11-19-21(28)26(5-2)22(30-19)25-15-7-8-16(23)17(24)12-15/h4,7-12,27H,1,5-6H2,2-3H3/b19-11-,25-22?. The summed E-state index contributed by atoms with van der Waals surface area (Å²) in [6.45, 7) is 6.11. The summed E-state index contributed by atoms with van der Waals surface area (Å²) in [6.07, 6.45) is 3.97. The number of carbonyl (C=O) groups is 1. The Morgan fingerprint density at radius 3 is 2.77 bits per heavy atom. The van der Waals surface area contributed by atoms with Crippen LogP contribution in [0.4, 0.5) is 5.69 Å². The molecule has 1 N–H and O–H groups in total. The molecule has 0 aromatic heterocycles. The first-order valence-corrected chi connectivity index (χ1v) is 11.1. The number of ether oxygens (including phenoxy) is 1. The van der Waals surface area contributed by atoms with Crippen LogP contribution in [0.15, 0.2) is 57.4 Å². The number of phenols is 1. The van der Waals surface area contributed by atoms with Crippen LogP contribution in [-0.2, 0) is 11.2 Å². The van der Waals surface area contributed by atoms with E-state index in [2.05, 4.69) is 27.5 Å². The van der Waals surface area contributed by atoms with Crippen LogP contribution in [0.1, 0.15) is 18.1 Å². The van der Waals surface area contributed by atoms with Gasteiger partial charge in [0.1, 0.15) is 0 Å². The smallest absolute Gasteiger partial charge is 0.266 e. The number of aliphatic imine (C=N–C) groups is 1. The highest BCUT2D eigenvalue weighted by molar-refractivity contribution is 9.10. The van der Waals surface area contributed by atoms with Crippen molar-refractivity contribution < 1.29 is 14.6 Å². The van der Waals surface area contributed by atoms with Gasteiger partial charge in [0.05, 0.1) is 22.7 Å². The molecular formula is C22H20BrClN2O3S. The Bertz CT molecular complexity index is 1070. The summed E-state index contributed by atoms with van der Waals surface area (Å²) >= 11 is 10.8. The molecule has 8 heteroatoms. The number of phenolic OH excluding ortho intramolecular Hbond substituents is 1. The molecule has 1 amide bonds. The van der Waals surface area contributed by atoms with E-state index in [1.54, 1.807) is 29.2 Å². The van der Waals surface area contributed by atoms with Gasteiger partial charge >= 0.3 is 0 Å². The molecule has 0 saturated carbocycles. The molecule has 0 radical (unpaired) electrons. The summed E-state index contributed by atoms with van der Waals surface area (Å²) in [7, 11) is 1.49. The molecule has 0 unspecified atom stereocenters. The van der Waals surface area contributed by atoms with Gasteiger partial charge in [-0.15, -0.1) is 6.58 Å². The Morgan fingerprint density at radius 2 is 2.13 bits per heavy atom. The summed E-state index contributed by atoms with van der Waals surface area (Å²) in [5.41, 5.74) is 2.09. The van der Waals surface area contributed by atoms with E-state index >= 15 is 0 Å². The van der Waals surface area contributed by atoms with Gasteiger partial charge in [-0.2, -0.15) is 0 Å². The van der Waals surface area contributed by atoms with Gasteiger partial charge < -0.3 is 9.84 Å². The molecule has 0 atom stereocenters. The summed E-state index contributed by atoms with van der Waals surface area (Å²) in [5.74, 6) is 0.304. The molecular weight excluding hydrogens is 488 g/mol.